The molecule has 0 bridgehead atoms. The van der Waals surface area contributed by atoms with Crippen LogP contribution >= 0.6 is 11.6 Å². The van der Waals surface area contributed by atoms with Gasteiger partial charge in [-0.25, -0.2) is 13.8 Å². The third-order valence-corrected chi connectivity index (χ3v) is 3.93. The van der Waals surface area contributed by atoms with E-state index in [1.807, 2.05) is 24.3 Å². The summed E-state index contributed by atoms with van der Waals surface area (Å²) in [6.07, 6.45) is 0.763. The third-order valence-electron chi connectivity index (χ3n) is 3.68. The van der Waals surface area contributed by atoms with Crippen molar-refractivity contribution < 1.29 is 8.78 Å². The molecule has 3 rings (SSSR count). The van der Waals surface area contributed by atoms with Crippen LogP contribution in [-0.4, -0.2) is 16.5 Å². The lowest BCUT2D eigenvalue weighted by Gasteiger charge is -2.11. The number of benzene rings is 2. The fourth-order valence-corrected chi connectivity index (χ4v) is 2.55. The predicted octanol–water partition coefficient (Wildman–Crippen LogP) is 5.11. The Morgan fingerprint density at radius 2 is 1.69 bits per heavy atom. The van der Waals surface area contributed by atoms with Crippen molar-refractivity contribution in [2.24, 2.45) is 0 Å². The molecular weight excluding hydrogens is 358 g/mol. The number of nitrogens with one attached hydrogen (secondary N) is 2. The molecule has 0 fully saturated rings. The summed E-state index contributed by atoms with van der Waals surface area (Å²) in [5.41, 5.74) is 1.56. The van der Waals surface area contributed by atoms with Crippen LogP contribution in [0.3, 0.4) is 0 Å². The molecule has 0 unspecified atom stereocenters. The van der Waals surface area contributed by atoms with Crippen LogP contribution in [0.25, 0.3) is 0 Å². The minimum atomic E-state index is -0.682. The van der Waals surface area contributed by atoms with Crippen molar-refractivity contribution in [2.75, 3.05) is 17.2 Å². The molecule has 0 atom stereocenters. The molecule has 0 aliphatic rings. The molecule has 26 heavy (non-hydrogen) atoms. The maximum absolute atomic E-state index is 13.8. The van der Waals surface area contributed by atoms with Gasteiger partial charge in [-0.15, -0.1) is 0 Å². The first-order valence-corrected chi connectivity index (χ1v) is 8.44. The predicted molar refractivity (Wildman–Crippen MR) is 100 cm³/mol. The van der Waals surface area contributed by atoms with Gasteiger partial charge in [0, 0.05) is 23.3 Å². The molecule has 0 spiro atoms. The minimum absolute atomic E-state index is 0.238. The van der Waals surface area contributed by atoms with Gasteiger partial charge in [0.2, 0.25) is 5.95 Å². The fraction of sp³-hybridized carbons (Fsp3) is 0.158. The molecule has 134 valence electrons. The summed E-state index contributed by atoms with van der Waals surface area (Å²) < 4.78 is 27.6. The van der Waals surface area contributed by atoms with E-state index in [0.29, 0.717) is 29.0 Å². The Kier molecular flexibility index (Phi) is 5.63. The molecule has 2 N–H and O–H groups in total. The van der Waals surface area contributed by atoms with E-state index in [0.717, 1.165) is 12.0 Å². The lowest BCUT2D eigenvalue weighted by atomic mass is 10.1. The summed E-state index contributed by atoms with van der Waals surface area (Å²) in [7, 11) is 0. The second-order valence-electron chi connectivity index (χ2n) is 5.74. The first kappa shape index (κ1) is 18.1. The molecule has 0 aliphatic carbocycles. The number of rotatable bonds is 6. The molecule has 2 aromatic carbocycles. The SMILES string of the molecule is Cc1cc(Nc2c(F)cccc2F)nc(NCCc2ccc(Cl)cc2)n1. The van der Waals surface area contributed by atoms with E-state index in [-0.39, 0.29) is 5.69 Å². The number of halogens is 3. The maximum Gasteiger partial charge on any atom is 0.224 e. The van der Waals surface area contributed by atoms with Crippen molar-refractivity contribution in [3.05, 3.63) is 76.4 Å². The topological polar surface area (TPSA) is 49.8 Å². The number of para-hydroxylation sites is 1. The van der Waals surface area contributed by atoms with E-state index < -0.39 is 11.6 Å². The van der Waals surface area contributed by atoms with E-state index in [2.05, 4.69) is 20.6 Å². The number of aryl methyl sites for hydroxylation is 1. The largest absolute Gasteiger partial charge is 0.354 e. The highest BCUT2D eigenvalue weighted by molar-refractivity contribution is 6.30. The van der Waals surface area contributed by atoms with Crippen LogP contribution in [0.5, 0.6) is 0 Å². The van der Waals surface area contributed by atoms with E-state index in [9.17, 15) is 8.78 Å². The van der Waals surface area contributed by atoms with Gasteiger partial charge in [-0.05, 0) is 43.2 Å². The van der Waals surface area contributed by atoms with Crippen LogP contribution in [0.2, 0.25) is 5.02 Å². The van der Waals surface area contributed by atoms with Crippen molar-refractivity contribution >= 4 is 29.1 Å². The third kappa shape index (κ3) is 4.67. The van der Waals surface area contributed by atoms with Gasteiger partial charge < -0.3 is 10.6 Å². The van der Waals surface area contributed by atoms with Crippen molar-refractivity contribution in [1.82, 2.24) is 9.97 Å². The highest BCUT2D eigenvalue weighted by Crippen LogP contribution is 2.23. The Bertz CT molecular complexity index is 880. The zero-order chi connectivity index (χ0) is 18.5. The quantitative estimate of drug-likeness (QED) is 0.629. The summed E-state index contributed by atoms with van der Waals surface area (Å²) >= 11 is 5.87. The summed E-state index contributed by atoms with van der Waals surface area (Å²) in [6, 6.07) is 12.9. The van der Waals surface area contributed by atoms with Gasteiger partial charge in [-0.2, -0.15) is 4.98 Å². The molecule has 3 aromatic rings. The van der Waals surface area contributed by atoms with Crippen molar-refractivity contribution in [1.29, 1.82) is 0 Å². The van der Waals surface area contributed by atoms with Crippen LogP contribution in [0.15, 0.2) is 48.5 Å². The van der Waals surface area contributed by atoms with E-state index in [1.165, 1.54) is 18.2 Å². The van der Waals surface area contributed by atoms with Gasteiger partial charge >= 0.3 is 0 Å². The minimum Gasteiger partial charge on any atom is -0.354 e. The summed E-state index contributed by atoms with van der Waals surface area (Å²) in [4.78, 5) is 8.56. The van der Waals surface area contributed by atoms with Gasteiger partial charge in [-0.3, -0.25) is 0 Å². The molecule has 1 aromatic heterocycles. The molecule has 0 saturated heterocycles. The number of anilines is 3. The lowest BCUT2D eigenvalue weighted by Crippen LogP contribution is -2.10. The zero-order valence-electron chi connectivity index (χ0n) is 14.1. The normalized spacial score (nSPS) is 10.6. The molecule has 0 amide bonds. The number of aromatic nitrogens is 2. The summed E-state index contributed by atoms with van der Waals surface area (Å²) in [6.45, 7) is 2.40. The Balaban J connectivity index is 1.68. The second-order valence-corrected chi connectivity index (χ2v) is 6.18. The molecule has 0 saturated carbocycles. The first-order chi connectivity index (χ1) is 12.5. The van der Waals surface area contributed by atoms with Gasteiger partial charge in [0.05, 0.1) is 0 Å². The van der Waals surface area contributed by atoms with Crippen LogP contribution in [0.4, 0.5) is 26.2 Å². The molecule has 0 aliphatic heterocycles. The molecule has 0 radical (unpaired) electrons. The van der Waals surface area contributed by atoms with E-state index >= 15 is 0 Å². The molecule has 4 nitrogen and oxygen atoms in total. The number of nitrogens with zero attached hydrogens (tertiary/aromatic N) is 2. The van der Waals surface area contributed by atoms with Crippen LogP contribution in [0, 0.1) is 18.6 Å². The van der Waals surface area contributed by atoms with Crippen LogP contribution in [-0.2, 0) is 6.42 Å². The monoisotopic (exact) mass is 374 g/mol. The Hall–Kier alpha value is -2.73. The summed E-state index contributed by atoms with van der Waals surface area (Å²) in [5, 5.41) is 6.50. The molecular formula is C19H17ClF2N4. The molecule has 1 heterocycles. The lowest BCUT2D eigenvalue weighted by molar-refractivity contribution is 0.590. The highest BCUT2D eigenvalue weighted by Gasteiger charge is 2.10. The summed E-state index contributed by atoms with van der Waals surface area (Å²) in [5.74, 6) is -0.661. The smallest absolute Gasteiger partial charge is 0.224 e. The fourth-order valence-electron chi connectivity index (χ4n) is 2.43. The Morgan fingerprint density at radius 3 is 2.38 bits per heavy atom. The maximum atomic E-state index is 13.8. The van der Waals surface area contributed by atoms with Gasteiger partial charge in [-0.1, -0.05) is 29.8 Å². The first-order valence-electron chi connectivity index (χ1n) is 8.06. The zero-order valence-corrected chi connectivity index (χ0v) is 14.8. The average molecular weight is 375 g/mol. The van der Waals surface area contributed by atoms with Gasteiger partial charge in [0.15, 0.2) is 0 Å². The number of hydrogen-bond acceptors (Lipinski definition) is 4. The highest BCUT2D eigenvalue weighted by atomic mass is 35.5. The van der Waals surface area contributed by atoms with Crippen molar-refractivity contribution in [3.8, 4) is 0 Å². The number of hydrogen-bond donors (Lipinski definition) is 2. The van der Waals surface area contributed by atoms with Crippen molar-refractivity contribution in [2.45, 2.75) is 13.3 Å². The average Bonchev–Trinajstić information content (AvgIpc) is 2.60. The van der Waals surface area contributed by atoms with Crippen LogP contribution in [0.1, 0.15) is 11.3 Å². The van der Waals surface area contributed by atoms with Crippen molar-refractivity contribution in [3.63, 3.8) is 0 Å². The second kappa shape index (κ2) is 8.10. The van der Waals surface area contributed by atoms with Gasteiger partial charge in [0.25, 0.3) is 0 Å². The standard InChI is InChI=1S/C19H17ClF2N4/c1-12-11-17(25-18-15(21)3-2-4-16(18)22)26-19(24-12)23-10-9-13-5-7-14(20)8-6-13/h2-8,11H,9-10H2,1H3,(H2,23,24,25,26). The Labute approximate surface area is 155 Å². The van der Waals surface area contributed by atoms with Crippen LogP contribution < -0.4 is 10.6 Å². The molecule has 7 heteroatoms. The van der Waals surface area contributed by atoms with Gasteiger partial charge in [0.1, 0.15) is 23.1 Å². The van der Waals surface area contributed by atoms with E-state index in [4.69, 9.17) is 11.6 Å². The Morgan fingerprint density at radius 1 is 1.00 bits per heavy atom. The van der Waals surface area contributed by atoms with E-state index in [1.54, 1.807) is 13.0 Å².